The largest absolute Gasteiger partial charge is 0.308 e. The Morgan fingerprint density at radius 3 is 1.84 bits per heavy atom. The Labute approximate surface area is 157 Å². The molecule has 2 saturated heterocycles. The molecule has 0 aromatic rings. The first-order valence-corrected chi connectivity index (χ1v) is 10.4. The van der Waals surface area contributed by atoms with Gasteiger partial charge in [0, 0.05) is 49.8 Å². The van der Waals surface area contributed by atoms with Crippen molar-refractivity contribution >= 4 is 0 Å². The van der Waals surface area contributed by atoms with E-state index in [9.17, 15) is 0 Å². The second kappa shape index (κ2) is 8.24. The Morgan fingerprint density at radius 2 is 1.36 bits per heavy atom. The molecule has 1 atom stereocenters. The average molecular weight is 353 g/mol. The summed E-state index contributed by atoms with van der Waals surface area (Å²) in [5.41, 5.74) is 0.617. The van der Waals surface area contributed by atoms with Gasteiger partial charge in [-0.25, -0.2) is 0 Å². The van der Waals surface area contributed by atoms with E-state index in [0.29, 0.717) is 11.6 Å². The van der Waals surface area contributed by atoms with E-state index < -0.39 is 0 Å². The highest BCUT2D eigenvalue weighted by molar-refractivity contribution is 4.91. The van der Waals surface area contributed by atoms with Gasteiger partial charge in [-0.05, 0) is 87.5 Å². The predicted molar refractivity (Wildman–Crippen MR) is 109 cm³/mol. The maximum Gasteiger partial charge on any atom is 0.0351 e. The van der Waals surface area contributed by atoms with Crippen LogP contribution in [0.3, 0.4) is 0 Å². The number of piperidine rings is 1. The molecule has 2 heterocycles. The van der Waals surface area contributed by atoms with E-state index in [1.54, 1.807) is 0 Å². The summed E-state index contributed by atoms with van der Waals surface area (Å²) in [5.74, 6) is 0.879. The zero-order chi connectivity index (χ0) is 18.8. The first-order valence-electron chi connectivity index (χ1n) is 10.4. The van der Waals surface area contributed by atoms with E-state index in [1.807, 2.05) is 0 Å². The molecule has 0 aliphatic carbocycles. The average Bonchev–Trinajstić information content (AvgIpc) is 2.47. The van der Waals surface area contributed by atoms with Gasteiger partial charge >= 0.3 is 0 Å². The maximum absolute atomic E-state index is 2.81. The van der Waals surface area contributed by atoms with Crippen LogP contribution in [0.15, 0.2) is 0 Å². The van der Waals surface area contributed by atoms with Gasteiger partial charge < -0.3 is 4.90 Å². The molecule has 0 spiro atoms. The second-order valence-corrected chi connectivity index (χ2v) is 10.6. The number of likely N-dealkylation sites (N-methyl/N-ethyl adjacent to an activating group) is 1. The minimum atomic E-state index is 0.286. The molecule has 2 fully saturated rings. The summed E-state index contributed by atoms with van der Waals surface area (Å²) < 4.78 is 0. The van der Waals surface area contributed by atoms with Crippen LogP contribution in [0.25, 0.3) is 0 Å². The summed E-state index contributed by atoms with van der Waals surface area (Å²) in [5, 5.41) is 0. The molecule has 0 aromatic heterocycles. The van der Waals surface area contributed by atoms with E-state index in [1.165, 1.54) is 58.7 Å². The van der Waals surface area contributed by atoms with Crippen molar-refractivity contribution in [2.24, 2.45) is 5.92 Å². The highest BCUT2D eigenvalue weighted by atomic mass is 15.3. The van der Waals surface area contributed by atoms with Gasteiger partial charge in [-0.3, -0.25) is 14.7 Å². The fraction of sp³-hybridized carbons (Fsp3) is 1.00. The van der Waals surface area contributed by atoms with Crippen LogP contribution in [-0.2, 0) is 0 Å². The molecule has 25 heavy (non-hydrogen) atoms. The standard InChI is InChI=1S/C21H44N4/c1-20(2,3)24-11-9-18(10-12-24)15-23-13-14-25(21(4,5)6)17-19(23)16-22(7)8/h18-19H,9-17H2,1-8H3. The van der Waals surface area contributed by atoms with Crippen LogP contribution in [0.5, 0.6) is 0 Å². The monoisotopic (exact) mass is 352 g/mol. The molecule has 2 aliphatic rings. The SMILES string of the molecule is CN(C)CC1CN(C(C)(C)C)CCN1CC1CCN(C(C)(C)C)CC1. The van der Waals surface area contributed by atoms with Gasteiger partial charge in [0.15, 0.2) is 0 Å². The molecular weight excluding hydrogens is 308 g/mol. The minimum absolute atomic E-state index is 0.286. The molecule has 1 unspecified atom stereocenters. The lowest BCUT2D eigenvalue weighted by molar-refractivity contribution is -0.00300. The number of hydrogen-bond acceptors (Lipinski definition) is 4. The molecule has 2 aliphatic heterocycles. The molecular formula is C21H44N4. The van der Waals surface area contributed by atoms with E-state index in [-0.39, 0.29) is 5.54 Å². The van der Waals surface area contributed by atoms with Gasteiger partial charge in [0.1, 0.15) is 0 Å². The molecule has 0 amide bonds. The normalized spacial score (nSPS) is 26.5. The lowest BCUT2D eigenvalue weighted by atomic mass is 9.91. The number of rotatable bonds is 4. The Hall–Kier alpha value is -0.160. The lowest BCUT2D eigenvalue weighted by Crippen LogP contribution is -2.61. The summed E-state index contributed by atoms with van der Waals surface area (Å²) in [6.45, 7) is 22.8. The van der Waals surface area contributed by atoms with E-state index in [0.717, 1.165) is 5.92 Å². The summed E-state index contributed by atoms with van der Waals surface area (Å²) >= 11 is 0. The topological polar surface area (TPSA) is 13.0 Å². The lowest BCUT2D eigenvalue weighted by Gasteiger charge is -2.49. The molecule has 2 rings (SSSR count). The molecule has 148 valence electrons. The van der Waals surface area contributed by atoms with Crippen LogP contribution in [-0.4, -0.2) is 96.6 Å². The van der Waals surface area contributed by atoms with Crippen LogP contribution in [0.4, 0.5) is 0 Å². The number of likely N-dealkylation sites (tertiary alicyclic amines) is 1. The van der Waals surface area contributed by atoms with Crippen LogP contribution in [0, 0.1) is 5.92 Å². The molecule has 0 radical (unpaired) electrons. The van der Waals surface area contributed by atoms with E-state index >= 15 is 0 Å². The third-order valence-electron chi connectivity index (χ3n) is 6.19. The number of hydrogen-bond donors (Lipinski definition) is 0. The quantitative estimate of drug-likeness (QED) is 0.771. The van der Waals surface area contributed by atoms with Gasteiger partial charge in [0.25, 0.3) is 0 Å². The Bertz CT molecular complexity index is 399. The zero-order valence-electron chi connectivity index (χ0n) is 18.3. The van der Waals surface area contributed by atoms with Crippen LogP contribution < -0.4 is 0 Å². The zero-order valence-corrected chi connectivity index (χ0v) is 18.3. The van der Waals surface area contributed by atoms with Crippen molar-refractivity contribution in [2.75, 3.05) is 59.9 Å². The third-order valence-corrected chi connectivity index (χ3v) is 6.19. The molecule has 0 saturated carbocycles. The fourth-order valence-corrected chi connectivity index (χ4v) is 4.46. The van der Waals surface area contributed by atoms with Gasteiger partial charge in [0.05, 0.1) is 0 Å². The maximum atomic E-state index is 2.81. The highest BCUT2D eigenvalue weighted by Gasteiger charge is 2.34. The van der Waals surface area contributed by atoms with Crippen molar-refractivity contribution in [3.8, 4) is 0 Å². The van der Waals surface area contributed by atoms with E-state index in [2.05, 4.69) is 75.2 Å². The Balaban J connectivity index is 1.91. The van der Waals surface area contributed by atoms with Crippen molar-refractivity contribution < 1.29 is 0 Å². The molecule has 4 nitrogen and oxygen atoms in total. The smallest absolute Gasteiger partial charge is 0.0351 e. The second-order valence-electron chi connectivity index (χ2n) is 10.6. The van der Waals surface area contributed by atoms with Crippen molar-refractivity contribution in [1.29, 1.82) is 0 Å². The third kappa shape index (κ3) is 6.20. The van der Waals surface area contributed by atoms with Gasteiger partial charge in [-0.2, -0.15) is 0 Å². The fourth-order valence-electron chi connectivity index (χ4n) is 4.46. The first-order chi connectivity index (χ1) is 11.5. The molecule has 4 heteroatoms. The van der Waals surface area contributed by atoms with E-state index in [4.69, 9.17) is 0 Å². The minimum Gasteiger partial charge on any atom is -0.308 e. The van der Waals surface area contributed by atoms with Crippen LogP contribution in [0.1, 0.15) is 54.4 Å². The molecule has 0 N–H and O–H groups in total. The van der Waals surface area contributed by atoms with Gasteiger partial charge in [-0.1, -0.05) is 0 Å². The van der Waals surface area contributed by atoms with Gasteiger partial charge in [-0.15, -0.1) is 0 Å². The highest BCUT2D eigenvalue weighted by Crippen LogP contribution is 2.26. The van der Waals surface area contributed by atoms with Crippen molar-refractivity contribution in [3.05, 3.63) is 0 Å². The predicted octanol–water partition coefficient (Wildman–Crippen LogP) is 2.84. The number of piperazine rings is 1. The van der Waals surface area contributed by atoms with Crippen molar-refractivity contribution in [2.45, 2.75) is 71.5 Å². The van der Waals surface area contributed by atoms with Crippen molar-refractivity contribution in [1.82, 2.24) is 19.6 Å². The Kier molecular flexibility index (Phi) is 6.97. The van der Waals surface area contributed by atoms with Crippen LogP contribution in [0.2, 0.25) is 0 Å². The molecule has 0 bridgehead atoms. The first kappa shape index (κ1) is 21.1. The Morgan fingerprint density at radius 1 is 0.800 bits per heavy atom. The van der Waals surface area contributed by atoms with Gasteiger partial charge in [0.2, 0.25) is 0 Å². The summed E-state index contributed by atoms with van der Waals surface area (Å²) in [6, 6.07) is 0.670. The summed E-state index contributed by atoms with van der Waals surface area (Å²) in [6.07, 6.45) is 2.73. The summed E-state index contributed by atoms with van der Waals surface area (Å²) in [4.78, 5) is 10.5. The summed E-state index contributed by atoms with van der Waals surface area (Å²) in [7, 11) is 4.44. The molecule has 0 aromatic carbocycles. The van der Waals surface area contributed by atoms with Crippen molar-refractivity contribution in [3.63, 3.8) is 0 Å². The van der Waals surface area contributed by atoms with Crippen LogP contribution >= 0.6 is 0 Å². The number of nitrogens with zero attached hydrogens (tertiary/aromatic N) is 4.